The first-order chi connectivity index (χ1) is 7.36. The zero-order chi connectivity index (χ0) is 10.9. The van der Waals surface area contributed by atoms with Crippen molar-refractivity contribution < 1.29 is 9.47 Å². The van der Waals surface area contributed by atoms with E-state index in [1.807, 2.05) is 12.1 Å². The largest absolute Gasteiger partial charge is 0.385 e. The molecule has 0 aliphatic carbocycles. The normalized spacial score (nSPS) is 9.87. The Morgan fingerprint density at radius 2 is 2.33 bits per heavy atom. The number of aromatic nitrogens is 1. The first-order valence-electron chi connectivity index (χ1n) is 4.78. The molecule has 1 rings (SSSR count). The van der Waals surface area contributed by atoms with Crippen LogP contribution < -0.4 is 0 Å². The van der Waals surface area contributed by atoms with E-state index < -0.39 is 0 Å². The summed E-state index contributed by atoms with van der Waals surface area (Å²) in [7, 11) is 1.67. The standard InChI is InChI=1S/C11H14N2O2/c1-14-5-2-6-15-9-10-3-4-13-11(7-10)8-12/h3-4,7H,2,5-6,9H2,1H3. The highest BCUT2D eigenvalue weighted by Crippen LogP contribution is 2.02. The second-order valence-electron chi connectivity index (χ2n) is 3.06. The summed E-state index contributed by atoms with van der Waals surface area (Å²) in [5.74, 6) is 0. The van der Waals surface area contributed by atoms with Crippen molar-refractivity contribution in [3.8, 4) is 6.07 Å². The van der Waals surface area contributed by atoms with Crippen LogP contribution in [0.2, 0.25) is 0 Å². The number of nitriles is 1. The van der Waals surface area contributed by atoms with Crippen molar-refractivity contribution in [1.29, 1.82) is 5.26 Å². The van der Waals surface area contributed by atoms with Crippen molar-refractivity contribution in [3.05, 3.63) is 29.6 Å². The van der Waals surface area contributed by atoms with E-state index in [-0.39, 0.29) is 0 Å². The van der Waals surface area contributed by atoms with Crippen molar-refractivity contribution >= 4 is 0 Å². The average Bonchev–Trinajstić information content (AvgIpc) is 2.29. The number of rotatable bonds is 6. The molecule has 0 spiro atoms. The van der Waals surface area contributed by atoms with Crippen LogP contribution in [0.4, 0.5) is 0 Å². The van der Waals surface area contributed by atoms with Gasteiger partial charge in [0.25, 0.3) is 0 Å². The van der Waals surface area contributed by atoms with Gasteiger partial charge >= 0.3 is 0 Å². The van der Waals surface area contributed by atoms with Crippen LogP contribution in [-0.4, -0.2) is 25.3 Å². The monoisotopic (exact) mass is 206 g/mol. The van der Waals surface area contributed by atoms with Crippen molar-refractivity contribution in [3.63, 3.8) is 0 Å². The van der Waals surface area contributed by atoms with Crippen LogP contribution in [-0.2, 0) is 16.1 Å². The lowest BCUT2D eigenvalue weighted by Crippen LogP contribution is -1.99. The molecule has 4 nitrogen and oxygen atoms in total. The maximum absolute atomic E-state index is 8.63. The average molecular weight is 206 g/mol. The summed E-state index contributed by atoms with van der Waals surface area (Å²) in [6, 6.07) is 5.57. The Labute approximate surface area is 89.5 Å². The molecule has 0 amide bonds. The predicted molar refractivity (Wildman–Crippen MR) is 55.1 cm³/mol. The van der Waals surface area contributed by atoms with E-state index in [1.165, 1.54) is 0 Å². The summed E-state index contributed by atoms with van der Waals surface area (Å²) in [6.07, 6.45) is 2.50. The van der Waals surface area contributed by atoms with Gasteiger partial charge in [-0.05, 0) is 24.1 Å². The lowest BCUT2D eigenvalue weighted by Gasteiger charge is -2.03. The first-order valence-corrected chi connectivity index (χ1v) is 4.78. The molecule has 0 N–H and O–H groups in total. The molecular weight excluding hydrogens is 192 g/mol. The molecule has 0 atom stereocenters. The number of hydrogen-bond donors (Lipinski definition) is 0. The van der Waals surface area contributed by atoms with Gasteiger partial charge in [-0.3, -0.25) is 0 Å². The number of ether oxygens (including phenoxy) is 2. The summed E-state index contributed by atoms with van der Waals surface area (Å²) < 4.78 is 10.3. The van der Waals surface area contributed by atoms with E-state index in [2.05, 4.69) is 4.98 Å². The van der Waals surface area contributed by atoms with Crippen LogP contribution in [0, 0.1) is 11.3 Å². The minimum atomic E-state index is 0.424. The van der Waals surface area contributed by atoms with E-state index in [4.69, 9.17) is 14.7 Å². The molecule has 1 aromatic rings. The molecule has 1 aromatic heterocycles. The van der Waals surface area contributed by atoms with Crippen LogP contribution in [0.3, 0.4) is 0 Å². The third-order valence-corrected chi connectivity index (χ3v) is 1.84. The molecule has 0 aromatic carbocycles. The second kappa shape index (κ2) is 6.93. The lowest BCUT2D eigenvalue weighted by atomic mass is 10.2. The summed E-state index contributed by atoms with van der Waals surface area (Å²) in [4.78, 5) is 3.88. The van der Waals surface area contributed by atoms with Crippen LogP contribution in [0.1, 0.15) is 17.7 Å². The fraction of sp³-hybridized carbons (Fsp3) is 0.455. The van der Waals surface area contributed by atoms with Crippen LogP contribution in [0.25, 0.3) is 0 Å². The highest BCUT2D eigenvalue weighted by atomic mass is 16.5. The van der Waals surface area contributed by atoms with E-state index in [0.29, 0.717) is 25.5 Å². The zero-order valence-electron chi connectivity index (χ0n) is 8.77. The van der Waals surface area contributed by atoms with Gasteiger partial charge in [0.2, 0.25) is 0 Å². The fourth-order valence-electron chi connectivity index (χ4n) is 1.12. The molecule has 15 heavy (non-hydrogen) atoms. The maximum Gasteiger partial charge on any atom is 0.140 e. The molecule has 0 fully saturated rings. The Kier molecular flexibility index (Phi) is 5.38. The smallest absolute Gasteiger partial charge is 0.140 e. The molecular formula is C11H14N2O2. The summed E-state index contributed by atoms with van der Waals surface area (Å²) in [5.41, 5.74) is 1.40. The van der Waals surface area contributed by atoms with Crippen LogP contribution in [0.15, 0.2) is 18.3 Å². The molecule has 0 radical (unpaired) electrons. The van der Waals surface area contributed by atoms with E-state index in [9.17, 15) is 0 Å². The number of nitrogens with zero attached hydrogens (tertiary/aromatic N) is 2. The van der Waals surface area contributed by atoms with Crippen LogP contribution in [0.5, 0.6) is 0 Å². The Bertz CT molecular complexity index is 334. The van der Waals surface area contributed by atoms with Gasteiger partial charge in [-0.15, -0.1) is 0 Å². The molecule has 80 valence electrons. The topological polar surface area (TPSA) is 55.1 Å². The molecule has 0 aliphatic heterocycles. The Morgan fingerprint density at radius 1 is 1.47 bits per heavy atom. The molecule has 0 saturated carbocycles. The van der Waals surface area contributed by atoms with E-state index in [0.717, 1.165) is 12.0 Å². The van der Waals surface area contributed by atoms with Gasteiger partial charge < -0.3 is 9.47 Å². The number of pyridine rings is 1. The van der Waals surface area contributed by atoms with Gasteiger partial charge in [-0.2, -0.15) is 5.26 Å². The quantitative estimate of drug-likeness (QED) is 0.662. The third-order valence-electron chi connectivity index (χ3n) is 1.84. The molecule has 1 heterocycles. The number of hydrogen-bond acceptors (Lipinski definition) is 4. The van der Waals surface area contributed by atoms with Gasteiger partial charge in [0, 0.05) is 26.5 Å². The van der Waals surface area contributed by atoms with Crippen molar-refractivity contribution in [2.75, 3.05) is 20.3 Å². The van der Waals surface area contributed by atoms with Crippen molar-refractivity contribution in [2.45, 2.75) is 13.0 Å². The molecule has 0 bridgehead atoms. The highest BCUT2D eigenvalue weighted by molar-refractivity contribution is 5.24. The third kappa shape index (κ3) is 4.54. The van der Waals surface area contributed by atoms with Gasteiger partial charge in [-0.25, -0.2) is 4.98 Å². The van der Waals surface area contributed by atoms with Crippen LogP contribution >= 0.6 is 0 Å². The van der Waals surface area contributed by atoms with Gasteiger partial charge in [0.05, 0.1) is 6.61 Å². The number of methoxy groups -OCH3 is 1. The summed E-state index contributed by atoms with van der Waals surface area (Å²) >= 11 is 0. The molecule has 4 heteroatoms. The molecule has 0 unspecified atom stereocenters. The Balaban J connectivity index is 2.28. The summed E-state index contributed by atoms with van der Waals surface area (Å²) in [6.45, 7) is 1.89. The minimum Gasteiger partial charge on any atom is -0.385 e. The van der Waals surface area contributed by atoms with Gasteiger partial charge in [0.15, 0.2) is 0 Å². The minimum absolute atomic E-state index is 0.424. The Morgan fingerprint density at radius 3 is 3.07 bits per heavy atom. The van der Waals surface area contributed by atoms with E-state index >= 15 is 0 Å². The lowest BCUT2D eigenvalue weighted by molar-refractivity contribution is 0.0928. The SMILES string of the molecule is COCCCOCc1ccnc(C#N)c1. The van der Waals surface area contributed by atoms with Crippen molar-refractivity contribution in [1.82, 2.24) is 4.98 Å². The molecule has 0 aliphatic rings. The van der Waals surface area contributed by atoms with Gasteiger partial charge in [0.1, 0.15) is 11.8 Å². The van der Waals surface area contributed by atoms with E-state index in [1.54, 1.807) is 19.4 Å². The fourth-order valence-corrected chi connectivity index (χ4v) is 1.12. The maximum atomic E-state index is 8.63. The first kappa shape index (κ1) is 11.6. The van der Waals surface area contributed by atoms with Gasteiger partial charge in [-0.1, -0.05) is 0 Å². The Hall–Kier alpha value is -1.44. The molecule has 0 saturated heterocycles. The highest BCUT2D eigenvalue weighted by Gasteiger charge is 1.96. The van der Waals surface area contributed by atoms with Crippen molar-refractivity contribution in [2.24, 2.45) is 0 Å². The summed E-state index contributed by atoms with van der Waals surface area (Å²) in [5, 5.41) is 8.63. The predicted octanol–water partition coefficient (Wildman–Crippen LogP) is 1.51. The zero-order valence-corrected chi connectivity index (χ0v) is 8.77. The second-order valence-corrected chi connectivity index (χ2v) is 3.06.